The number of sulfonamides is 1. The number of hydrogen-bond acceptors (Lipinski definition) is 9. The number of amides is 3. The predicted molar refractivity (Wildman–Crippen MR) is 179 cm³/mol. The second-order valence-electron chi connectivity index (χ2n) is 12.2. The van der Waals surface area contributed by atoms with Gasteiger partial charge in [0.1, 0.15) is 16.4 Å². The van der Waals surface area contributed by atoms with E-state index in [1.165, 1.54) is 37.4 Å². The van der Waals surface area contributed by atoms with Gasteiger partial charge in [-0.05, 0) is 76.3 Å². The third-order valence-electron chi connectivity index (χ3n) is 9.53. The Bertz CT molecular complexity index is 1850. The molecule has 6 rings (SSSR count). The maximum Gasteiger partial charge on any atom is 0.318 e. The molecule has 12 nitrogen and oxygen atoms in total. The van der Waals surface area contributed by atoms with Crippen molar-refractivity contribution in [2.45, 2.75) is 36.2 Å². The van der Waals surface area contributed by atoms with Crippen molar-refractivity contribution >= 4 is 27.6 Å². The summed E-state index contributed by atoms with van der Waals surface area (Å²) in [5.41, 5.74) is -1.44. The van der Waals surface area contributed by atoms with Gasteiger partial charge in [0.05, 0.1) is 31.0 Å². The van der Waals surface area contributed by atoms with Gasteiger partial charge in [0.25, 0.3) is 15.9 Å². The highest BCUT2D eigenvalue weighted by molar-refractivity contribution is 7.93. The minimum atomic E-state index is -4.59. The van der Waals surface area contributed by atoms with Gasteiger partial charge in [0.2, 0.25) is 0 Å². The summed E-state index contributed by atoms with van der Waals surface area (Å²) in [5, 5.41) is 12.9. The quantitative estimate of drug-likeness (QED) is 0.382. The molecule has 3 aromatic rings. The monoisotopic (exact) mass is 672 g/mol. The number of nitrogens with one attached hydrogen (secondary N) is 1. The summed E-state index contributed by atoms with van der Waals surface area (Å²) in [7, 11) is -1.11. The first-order valence-electron chi connectivity index (χ1n) is 16.1. The lowest BCUT2D eigenvalue weighted by Gasteiger charge is -2.43. The normalized spacial score (nSPS) is 20.7. The van der Waals surface area contributed by atoms with Crippen LogP contribution >= 0.6 is 0 Å². The van der Waals surface area contributed by atoms with Gasteiger partial charge in [-0.15, -0.1) is 0 Å². The Morgan fingerprint density at radius 3 is 2.29 bits per heavy atom. The lowest BCUT2D eigenvalue weighted by molar-refractivity contribution is -0.121. The molecule has 13 heteroatoms. The molecule has 1 N–H and O–H groups in total. The van der Waals surface area contributed by atoms with Gasteiger partial charge in [0.15, 0.2) is 5.54 Å². The number of para-hydroxylation sites is 2. The first-order valence-corrected chi connectivity index (χ1v) is 17.6. The molecule has 0 bridgehead atoms. The molecule has 0 aromatic heterocycles. The van der Waals surface area contributed by atoms with E-state index in [1.54, 1.807) is 48.2 Å². The van der Waals surface area contributed by atoms with E-state index in [1.807, 2.05) is 0 Å². The van der Waals surface area contributed by atoms with Crippen LogP contribution in [0.1, 0.15) is 36.5 Å². The Morgan fingerprint density at radius 1 is 0.958 bits per heavy atom. The van der Waals surface area contributed by atoms with Crippen LogP contribution < -0.4 is 19.1 Å². The first-order chi connectivity index (χ1) is 23.1. The maximum atomic E-state index is 15.1. The number of anilines is 1. The molecular weight excluding hydrogens is 632 g/mol. The third-order valence-corrected chi connectivity index (χ3v) is 11.3. The van der Waals surface area contributed by atoms with Gasteiger partial charge in [-0.1, -0.05) is 30.3 Å². The third kappa shape index (κ3) is 5.74. The summed E-state index contributed by atoms with van der Waals surface area (Å²) < 4.78 is 41.0. The van der Waals surface area contributed by atoms with E-state index in [0.29, 0.717) is 42.3 Å². The smallest absolute Gasteiger partial charge is 0.318 e. The Kier molecular flexibility index (Phi) is 9.33. The summed E-state index contributed by atoms with van der Waals surface area (Å²) in [6, 6.07) is 19.2. The number of likely N-dealkylation sites (tertiary alicyclic amines) is 1. The van der Waals surface area contributed by atoms with Crippen LogP contribution in [0.15, 0.2) is 71.6 Å². The second-order valence-corrected chi connectivity index (χ2v) is 14.0. The van der Waals surface area contributed by atoms with Crippen molar-refractivity contribution in [2.75, 3.05) is 64.3 Å². The van der Waals surface area contributed by atoms with Crippen LogP contribution in [0.3, 0.4) is 0 Å². The van der Waals surface area contributed by atoms with E-state index < -0.39 is 27.5 Å². The molecule has 1 unspecified atom stereocenters. The van der Waals surface area contributed by atoms with Gasteiger partial charge < -0.3 is 24.6 Å². The van der Waals surface area contributed by atoms with Crippen LogP contribution in [0.5, 0.6) is 11.5 Å². The standard InChI is InChI=1S/C35H40N6O6S/c1-4-47-30-10-6-5-9-27(30)35(37-34(43)40-21-19-39(20-22-40)26-15-17-38(2)18-16-26)28-23-25(24-36)13-14-29(28)41(33(35)42)48(44,45)32-12-8-7-11-31(32)46-3/h5-14,23,26H,4,15-22H2,1-3H3,(H,37,43). The van der Waals surface area contributed by atoms with Crippen molar-refractivity contribution < 1.29 is 27.5 Å². The SMILES string of the molecule is CCOc1ccccc1C1(NC(=O)N2CCN(C3CCN(C)CC3)CC2)C(=O)N(S(=O)(=O)c2ccccc2OC)c2ccc(C#N)cc21. The fourth-order valence-electron chi connectivity index (χ4n) is 7.02. The van der Waals surface area contributed by atoms with Crippen molar-refractivity contribution in [3.63, 3.8) is 0 Å². The summed E-state index contributed by atoms with van der Waals surface area (Å²) in [6.07, 6.45) is 2.14. The number of methoxy groups -OCH3 is 1. The highest BCUT2D eigenvalue weighted by Gasteiger charge is 2.59. The minimum Gasteiger partial charge on any atom is -0.495 e. The van der Waals surface area contributed by atoms with Gasteiger partial charge in [-0.25, -0.2) is 13.2 Å². The number of nitrogens with zero attached hydrogens (tertiary/aromatic N) is 5. The van der Waals surface area contributed by atoms with Gasteiger partial charge in [-0.2, -0.15) is 9.57 Å². The van der Waals surface area contributed by atoms with Crippen LogP contribution in [0.2, 0.25) is 0 Å². The molecule has 2 saturated heterocycles. The second kappa shape index (κ2) is 13.5. The van der Waals surface area contributed by atoms with Crippen LogP contribution in [0, 0.1) is 11.3 Å². The van der Waals surface area contributed by atoms with E-state index in [9.17, 15) is 18.5 Å². The number of nitriles is 1. The van der Waals surface area contributed by atoms with E-state index in [4.69, 9.17) is 9.47 Å². The van der Waals surface area contributed by atoms with Gasteiger partial charge in [-0.3, -0.25) is 9.69 Å². The lowest BCUT2D eigenvalue weighted by Crippen LogP contribution is -2.61. The van der Waals surface area contributed by atoms with Crippen LogP contribution in [0.25, 0.3) is 0 Å². The average Bonchev–Trinajstić information content (AvgIpc) is 3.36. The lowest BCUT2D eigenvalue weighted by atomic mass is 9.82. The highest BCUT2D eigenvalue weighted by Crippen LogP contribution is 2.50. The summed E-state index contributed by atoms with van der Waals surface area (Å²) in [5.74, 6) is -0.575. The van der Waals surface area contributed by atoms with Crippen molar-refractivity contribution in [2.24, 2.45) is 0 Å². The molecule has 0 aliphatic carbocycles. The van der Waals surface area contributed by atoms with Gasteiger partial charge in [0, 0.05) is 43.3 Å². The molecule has 2 fully saturated rings. The molecule has 3 aromatic carbocycles. The Balaban J connectivity index is 1.45. The number of hydrogen-bond donors (Lipinski definition) is 1. The van der Waals surface area contributed by atoms with E-state index in [2.05, 4.69) is 28.2 Å². The van der Waals surface area contributed by atoms with E-state index >= 15 is 4.79 Å². The maximum absolute atomic E-state index is 15.1. The fourth-order valence-corrected chi connectivity index (χ4v) is 8.65. The molecule has 3 amide bonds. The number of ether oxygens (including phenoxy) is 2. The van der Waals surface area contributed by atoms with Crippen molar-refractivity contribution in [3.8, 4) is 17.6 Å². The molecule has 48 heavy (non-hydrogen) atoms. The summed E-state index contributed by atoms with van der Waals surface area (Å²) in [4.78, 5) is 35.6. The molecule has 1 atom stereocenters. The zero-order valence-corrected chi connectivity index (χ0v) is 28.2. The molecule has 0 radical (unpaired) electrons. The summed E-state index contributed by atoms with van der Waals surface area (Å²) >= 11 is 0. The number of piperidine rings is 1. The molecule has 0 spiro atoms. The van der Waals surface area contributed by atoms with Crippen LogP contribution in [-0.4, -0.2) is 101 Å². The highest BCUT2D eigenvalue weighted by atomic mass is 32.2. The average molecular weight is 673 g/mol. The number of piperazine rings is 1. The van der Waals surface area contributed by atoms with Crippen molar-refractivity contribution in [1.82, 2.24) is 20.0 Å². The van der Waals surface area contributed by atoms with Crippen molar-refractivity contribution in [3.05, 3.63) is 83.4 Å². The Morgan fingerprint density at radius 2 is 1.62 bits per heavy atom. The van der Waals surface area contributed by atoms with Gasteiger partial charge >= 0.3 is 6.03 Å². The predicted octanol–water partition coefficient (Wildman–Crippen LogP) is 3.37. The van der Waals surface area contributed by atoms with E-state index in [-0.39, 0.29) is 39.6 Å². The number of carbonyl (C=O) groups is 2. The largest absolute Gasteiger partial charge is 0.495 e. The molecule has 252 valence electrons. The number of benzene rings is 3. The topological polar surface area (TPSA) is 136 Å². The van der Waals surface area contributed by atoms with Crippen LogP contribution in [-0.2, 0) is 20.4 Å². The fraction of sp³-hybridized carbons (Fsp3) is 0.400. The first kappa shape index (κ1) is 33.3. The molecule has 3 aliphatic heterocycles. The van der Waals surface area contributed by atoms with E-state index in [0.717, 1.165) is 25.9 Å². The number of fused-ring (bicyclic) bond motifs is 1. The Labute approximate surface area is 281 Å². The zero-order chi connectivity index (χ0) is 34.1. The molecule has 3 heterocycles. The molecule has 3 aliphatic rings. The number of urea groups is 1. The zero-order valence-electron chi connectivity index (χ0n) is 27.4. The molecule has 0 saturated carbocycles. The van der Waals surface area contributed by atoms with Crippen molar-refractivity contribution in [1.29, 1.82) is 5.26 Å². The summed E-state index contributed by atoms with van der Waals surface area (Å²) in [6.45, 7) is 6.35. The number of rotatable bonds is 8. The van der Waals surface area contributed by atoms with Crippen LogP contribution in [0.4, 0.5) is 10.5 Å². The molecular formula is C35H40N6O6S. The minimum absolute atomic E-state index is 0.0172. The Hall–Kier alpha value is -4.64. The number of carbonyl (C=O) groups excluding carboxylic acids is 2.